The number of methoxy groups -OCH3 is 1. The van der Waals surface area contributed by atoms with Crippen molar-refractivity contribution >= 4 is 22.4 Å². The number of esters is 1. The van der Waals surface area contributed by atoms with Crippen molar-refractivity contribution in [1.82, 2.24) is 10.3 Å². The van der Waals surface area contributed by atoms with E-state index in [1.54, 1.807) is 12.1 Å². The maximum atomic E-state index is 13.7. The third-order valence-electron chi connectivity index (χ3n) is 6.06. The summed E-state index contributed by atoms with van der Waals surface area (Å²) in [5.41, 5.74) is 7.87. The topological polar surface area (TPSA) is 54.1 Å². The Kier molecular flexibility index (Phi) is 5.73. The van der Waals surface area contributed by atoms with Gasteiger partial charge in [0.1, 0.15) is 5.82 Å². The van der Waals surface area contributed by atoms with Crippen molar-refractivity contribution < 1.29 is 13.9 Å². The molecule has 2 N–H and O–H groups in total. The molecule has 0 saturated carbocycles. The van der Waals surface area contributed by atoms with E-state index in [0.29, 0.717) is 6.04 Å². The molecule has 156 valence electrons. The first-order valence-electron chi connectivity index (χ1n) is 10.4. The molecule has 30 heavy (non-hydrogen) atoms. The number of benzene rings is 2. The predicted molar refractivity (Wildman–Crippen MR) is 118 cm³/mol. The quantitative estimate of drug-likeness (QED) is 0.447. The van der Waals surface area contributed by atoms with Crippen LogP contribution in [0.25, 0.3) is 16.5 Å². The van der Waals surface area contributed by atoms with Crippen molar-refractivity contribution in [2.45, 2.75) is 39.2 Å². The second kappa shape index (κ2) is 8.44. The van der Waals surface area contributed by atoms with E-state index in [1.807, 2.05) is 13.8 Å². The van der Waals surface area contributed by atoms with Gasteiger partial charge in [0.25, 0.3) is 0 Å². The molecule has 1 aliphatic rings. The molecule has 0 saturated heterocycles. The summed E-state index contributed by atoms with van der Waals surface area (Å²) in [7, 11) is 1.39. The zero-order valence-electron chi connectivity index (χ0n) is 17.6. The Bertz CT molecular complexity index is 1130. The number of hydrogen-bond donors (Lipinski definition) is 2. The van der Waals surface area contributed by atoms with E-state index in [9.17, 15) is 9.18 Å². The number of hydrogen-bond acceptors (Lipinski definition) is 3. The van der Waals surface area contributed by atoms with Gasteiger partial charge in [-0.3, -0.25) is 0 Å². The minimum atomic E-state index is -0.333. The summed E-state index contributed by atoms with van der Waals surface area (Å²) >= 11 is 0. The van der Waals surface area contributed by atoms with Gasteiger partial charge >= 0.3 is 5.97 Å². The molecular formula is C25H27FN2O2. The molecule has 4 rings (SSSR count). The fourth-order valence-corrected chi connectivity index (χ4v) is 4.44. The summed E-state index contributed by atoms with van der Waals surface area (Å²) < 4.78 is 18.4. The largest absolute Gasteiger partial charge is 0.466 e. The van der Waals surface area contributed by atoms with E-state index in [4.69, 9.17) is 4.74 Å². The van der Waals surface area contributed by atoms with E-state index in [-0.39, 0.29) is 11.8 Å². The fraction of sp³-hybridized carbons (Fsp3) is 0.320. The van der Waals surface area contributed by atoms with Crippen LogP contribution in [0, 0.1) is 12.7 Å². The second-order valence-electron chi connectivity index (χ2n) is 7.98. The number of fused-ring (bicyclic) bond motifs is 2. The van der Waals surface area contributed by atoms with Crippen molar-refractivity contribution in [2.75, 3.05) is 13.7 Å². The van der Waals surface area contributed by atoms with E-state index in [0.717, 1.165) is 53.5 Å². The number of rotatable bonds is 6. The zero-order chi connectivity index (χ0) is 21.3. The van der Waals surface area contributed by atoms with Crippen molar-refractivity contribution in [3.05, 3.63) is 76.2 Å². The Hall–Kier alpha value is -2.92. The predicted octanol–water partition coefficient (Wildman–Crippen LogP) is 5.01. The fourth-order valence-electron chi connectivity index (χ4n) is 4.44. The Morgan fingerprint density at radius 2 is 2.13 bits per heavy atom. The minimum absolute atomic E-state index is 0.201. The molecule has 0 fully saturated rings. The van der Waals surface area contributed by atoms with Crippen LogP contribution in [0.15, 0.2) is 42.5 Å². The molecule has 1 aliphatic carbocycles. The number of allylic oxidation sites excluding steroid dienone is 1. The highest BCUT2D eigenvalue weighted by Crippen LogP contribution is 2.33. The number of carbonyl (C=O) groups excluding carboxylic acids is 1. The van der Waals surface area contributed by atoms with E-state index in [1.165, 1.54) is 35.9 Å². The summed E-state index contributed by atoms with van der Waals surface area (Å²) in [4.78, 5) is 14.8. The van der Waals surface area contributed by atoms with Gasteiger partial charge in [0.05, 0.1) is 7.11 Å². The van der Waals surface area contributed by atoms with E-state index >= 15 is 0 Å². The molecule has 1 atom stereocenters. The SMILES string of the molecule is COC(=O)/C=C(\C)c1ccc2c(c1)CCC2NCCc1c(C)[nH]c2ccc(F)cc12. The number of nitrogens with one attached hydrogen (secondary N) is 2. The molecule has 0 radical (unpaired) electrons. The molecule has 0 amide bonds. The Labute approximate surface area is 176 Å². The lowest BCUT2D eigenvalue weighted by molar-refractivity contribution is -0.134. The van der Waals surface area contributed by atoms with Crippen LogP contribution in [-0.4, -0.2) is 24.6 Å². The third kappa shape index (κ3) is 4.03. The van der Waals surface area contributed by atoms with Crippen LogP contribution in [0.2, 0.25) is 0 Å². The molecular weight excluding hydrogens is 379 g/mol. The summed E-state index contributed by atoms with van der Waals surface area (Å²) in [6.45, 7) is 4.80. The summed E-state index contributed by atoms with van der Waals surface area (Å²) in [5.74, 6) is -0.534. The maximum absolute atomic E-state index is 13.7. The third-order valence-corrected chi connectivity index (χ3v) is 6.06. The second-order valence-corrected chi connectivity index (χ2v) is 7.98. The highest BCUT2D eigenvalue weighted by Gasteiger charge is 2.22. The van der Waals surface area contributed by atoms with Crippen molar-refractivity contribution in [3.8, 4) is 0 Å². The number of aromatic nitrogens is 1. The maximum Gasteiger partial charge on any atom is 0.330 e. The first-order valence-corrected chi connectivity index (χ1v) is 10.4. The zero-order valence-corrected chi connectivity index (χ0v) is 17.6. The van der Waals surface area contributed by atoms with Gasteiger partial charge < -0.3 is 15.0 Å². The smallest absolute Gasteiger partial charge is 0.330 e. The van der Waals surface area contributed by atoms with Gasteiger partial charge in [-0.2, -0.15) is 0 Å². The molecule has 5 heteroatoms. The lowest BCUT2D eigenvalue weighted by Crippen LogP contribution is -2.22. The number of aromatic amines is 1. The number of H-pyrrole nitrogens is 1. The first-order chi connectivity index (χ1) is 14.5. The van der Waals surface area contributed by atoms with Gasteiger partial charge in [-0.1, -0.05) is 18.2 Å². The average molecular weight is 407 g/mol. The molecule has 0 bridgehead atoms. The lowest BCUT2D eigenvalue weighted by atomic mass is 10.00. The molecule has 1 aromatic heterocycles. The summed E-state index contributed by atoms with van der Waals surface area (Å²) in [6, 6.07) is 11.6. The van der Waals surface area contributed by atoms with E-state index in [2.05, 4.69) is 28.5 Å². The normalized spacial score (nSPS) is 16.1. The van der Waals surface area contributed by atoms with Gasteiger partial charge in [-0.25, -0.2) is 9.18 Å². The minimum Gasteiger partial charge on any atom is -0.466 e. The summed E-state index contributed by atoms with van der Waals surface area (Å²) in [5, 5.41) is 4.65. The molecule has 2 aromatic carbocycles. The van der Waals surface area contributed by atoms with Crippen LogP contribution in [0.5, 0.6) is 0 Å². The van der Waals surface area contributed by atoms with Crippen LogP contribution in [-0.2, 0) is 22.4 Å². The molecule has 4 nitrogen and oxygen atoms in total. The first kappa shape index (κ1) is 20.4. The van der Waals surface area contributed by atoms with Crippen LogP contribution < -0.4 is 5.32 Å². The molecule has 3 aromatic rings. The number of ether oxygens (including phenoxy) is 1. The monoisotopic (exact) mass is 406 g/mol. The highest BCUT2D eigenvalue weighted by atomic mass is 19.1. The Morgan fingerprint density at radius 1 is 1.30 bits per heavy atom. The van der Waals surface area contributed by atoms with E-state index < -0.39 is 0 Å². The van der Waals surface area contributed by atoms with Gasteiger partial charge in [0, 0.05) is 28.7 Å². The van der Waals surface area contributed by atoms with Gasteiger partial charge in [0.15, 0.2) is 0 Å². The number of halogens is 1. The van der Waals surface area contributed by atoms with Crippen molar-refractivity contribution in [1.29, 1.82) is 0 Å². The number of aryl methyl sites for hydroxylation is 2. The van der Waals surface area contributed by atoms with Crippen LogP contribution in [0.3, 0.4) is 0 Å². The van der Waals surface area contributed by atoms with Gasteiger partial charge in [-0.15, -0.1) is 0 Å². The van der Waals surface area contributed by atoms with Crippen LogP contribution >= 0.6 is 0 Å². The van der Waals surface area contributed by atoms with Crippen molar-refractivity contribution in [3.63, 3.8) is 0 Å². The lowest BCUT2D eigenvalue weighted by Gasteiger charge is -2.15. The number of carbonyl (C=O) groups is 1. The average Bonchev–Trinajstić information content (AvgIpc) is 3.28. The van der Waals surface area contributed by atoms with Crippen molar-refractivity contribution in [2.24, 2.45) is 0 Å². The highest BCUT2D eigenvalue weighted by molar-refractivity contribution is 5.91. The molecule has 0 aliphatic heterocycles. The Morgan fingerprint density at radius 3 is 2.93 bits per heavy atom. The molecule has 0 spiro atoms. The van der Waals surface area contributed by atoms with Crippen LogP contribution in [0.4, 0.5) is 4.39 Å². The Balaban J connectivity index is 1.44. The molecule has 1 unspecified atom stereocenters. The molecule has 1 heterocycles. The van der Waals surface area contributed by atoms with Gasteiger partial charge in [0.2, 0.25) is 0 Å². The van der Waals surface area contributed by atoms with Crippen LogP contribution in [0.1, 0.15) is 47.3 Å². The van der Waals surface area contributed by atoms with Gasteiger partial charge in [-0.05, 0) is 85.7 Å². The summed E-state index contributed by atoms with van der Waals surface area (Å²) in [6.07, 6.45) is 4.45. The standard InChI is InChI=1S/C25H27FN2O2/c1-15(12-25(29)30-3)17-4-7-21-18(13-17)5-8-23(21)27-11-10-20-16(2)28-24-9-6-19(26)14-22(20)24/h4,6-7,9,12-14,23,27-28H,5,8,10-11H2,1-3H3/b15-12+.